The maximum Gasteiger partial charge on any atom is 0.228 e. The topological polar surface area (TPSA) is 95.7 Å². The van der Waals surface area contributed by atoms with E-state index in [1.807, 2.05) is 6.07 Å². The van der Waals surface area contributed by atoms with Crippen LogP contribution in [0.4, 0.5) is 11.6 Å². The second kappa shape index (κ2) is 5.97. The molecule has 1 aromatic heterocycles. The van der Waals surface area contributed by atoms with Crippen LogP contribution in [0.25, 0.3) is 0 Å². The first-order valence-electron chi connectivity index (χ1n) is 5.50. The van der Waals surface area contributed by atoms with Gasteiger partial charge in [0.15, 0.2) is 14.9 Å². The van der Waals surface area contributed by atoms with E-state index < -0.39 is 9.84 Å². The monoisotopic (exact) mass is 386 g/mol. The summed E-state index contributed by atoms with van der Waals surface area (Å²) in [6, 6.07) is 6.61. The second-order valence-corrected chi connectivity index (χ2v) is 7.31. The Hall–Kier alpha value is -1.69. The molecule has 1 aromatic carbocycles. The van der Waals surface area contributed by atoms with Crippen molar-refractivity contribution in [3.63, 3.8) is 0 Å². The standard InChI is InChI=1S/C12H8BrClN4O2S/c1-21(19,20)11-10(13)6-16-12(18-11)17-9-3-7(5-15)2-8(14)4-9/h2-4,6H,1H3,(H,16,17,18). The van der Waals surface area contributed by atoms with Crippen molar-refractivity contribution in [2.45, 2.75) is 5.03 Å². The number of nitrogens with zero attached hydrogens (tertiary/aromatic N) is 3. The normalized spacial score (nSPS) is 11.0. The predicted octanol–water partition coefficient (Wildman–Crippen LogP) is 2.91. The summed E-state index contributed by atoms with van der Waals surface area (Å²) in [5, 5.41) is 12.0. The highest BCUT2D eigenvalue weighted by Crippen LogP contribution is 2.24. The molecule has 0 aliphatic heterocycles. The van der Waals surface area contributed by atoms with Crippen LogP contribution in [-0.2, 0) is 9.84 Å². The average Bonchev–Trinajstić information content (AvgIpc) is 2.39. The van der Waals surface area contributed by atoms with Crippen molar-refractivity contribution < 1.29 is 8.42 Å². The fourth-order valence-corrected chi connectivity index (χ4v) is 3.49. The van der Waals surface area contributed by atoms with Gasteiger partial charge < -0.3 is 5.32 Å². The number of nitrogens with one attached hydrogen (secondary N) is 1. The summed E-state index contributed by atoms with van der Waals surface area (Å²) in [4.78, 5) is 7.91. The molecule has 9 heteroatoms. The molecule has 2 rings (SSSR count). The van der Waals surface area contributed by atoms with Crippen LogP contribution in [0.2, 0.25) is 5.02 Å². The molecule has 0 saturated heterocycles. The fraction of sp³-hybridized carbons (Fsp3) is 0.0833. The first-order valence-corrected chi connectivity index (χ1v) is 8.56. The molecule has 21 heavy (non-hydrogen) atoms. The van der Waals surface area contributed by atoms with Gasteiger partial charge in [0.05, 0.1) is 16.1 Å². The summed E-state index contributed by atoms with van der Waals surface area (Å²) in [7, 11) is -3.49. The lowest BCUT2D eigenvalue weighted by atomic mass is 10.2. The Labute approximate surface area is 134 Å². The Morgan fingerprint density at radius 3 is 2.71 bits per heavy atom. The van der Waals surface area contributed by atoms with E-state index in [1.165, 1.54) is 12.3 Å². The van der Waals surface area contributed by atoms with Crippen LogP contribution >= 0.6 is 27.5 Å². The molecule has 0 atom stereocenters. The molecular formula is C12H8BrClN4O2S. The third-order valence-corrected chi connectivity index (χ3v) is 4.42. The number of anilines is 2. The number of hydrogen-bond acceptors (Lipinski definition) is 6. The molecule has 0 bridgehead atoms. The summed E-state index contributed by atoms with van der Waals surface area (Å²) < 4.78 is 23.5. The van der Waals surface area contributed by atoms with Gasteiger partial charge in [-0.05, 0) is 34.1 Å². The Kier molecular flexibility index (Phi) is 4.46. The largest absolute Gasteiger partial charge is 0.324 e. The molecule has 0 radical (unpaired) electrons. The van der Waals surface area contributed by atoms with Gasteiger partial charge in [0.2, 0.25) is 5.95 Å². The Morgan fingerprint density at radius 1 is 1.38 bits per heavy atom. The number of aromatic nitrogens is 2. The zero-order valence-electron chi connectivity index (χ0n) is 10.6. The molecule has 2 aromatic rings. The Bertz CT molecular complexity index is 849. The van der Waals surface area contributed by atoms with Crippen molar-refractivity contribution in [1.29, 1.82) is 5.26 Å². The van der Waals surface area contributed by atoms with Crippen LogP contribution < -0.4 is 5.32 Å². The molecular weight excluding hydrogens is 380 g/mol. The number of halogens is 2. The molecule has 108 valence electrons. The number of sulfone groups is 1. The van der Waals surface area contributed by atoms with Crippen molar-refractivity contribution in [2.24, 2.45) is 0 Å². The van der Waals surface area contributed by atoms with E-state index >= 15 is 0 Å². The van der Waals surface area contributed by atoms with Crippen molar-refractivity contribution in [1.82, 2.24) is 9.97 Å². The van der Waals surface area contributed by atoms with Gasteiger partial charge in [-0.15, -0.1) is 0 Å². The van der Waals surface area contributed by atoms with Crippen LogP contribution in [0.3, 0.4) is 0 Å². The van der Waals surface area contributed by atoms with Crippen molar-refractivity contribution in [3.8, 4) is 6.07 Å². The fourth-order valence-electron chi connectivity index (χ4n) is 1.53. The third-order valence-electron chi connectivity index (χ3n) is 2.35. The van der Waals surface area contributed by atoms with Crippen LogP contribution in [0, 0.1) is 11.3 Å². The Balaban J connectivity index is 2.42. The highest BCUT2D eigenvalue weighted by molar-refractivity contribution is 9.10. The second-order valence-electron chi connectivity index (χ2n) is 4.08. The maximum absolute atomic E-state index is 11.6. The molecule has 0 saturated carbocycles. The van der Waals surface area contributed by atoms with Crippen LogP contribution in [0.1, 0.15) is 5.56 Å². The zero-order chi connectivity index (χ0) is 15.6. The minimum atomic E-state index is -3.49. The predicted molar refractivity (Wildman–Crippen MR) is 82.3 cm³/mol. The van der Waals surface area contributed by atoms with Gasteiger partial charge in [-0.3, -0.25) is 0 Å². The van der Waals surface area contributed by atoms with E-state index in [9.17, 15) is 8.42 Å². The molecule has 0 aliphatic rings. The minimum absolute atomic E-state index is 0.0878. The average molecular weight is 388 g/mol. The Morgan fingerprint density at radius 2 is 2.10 bits per heavy atom. The van der Waals surface area contributed by atoms with Crippen molar-refractivity contribution in [3.05, 3.63) is 39.5 Å². The number of benzene rings is 1. The smallest absolute Gasteiger partial charge is 0.228 e. The van der Waals surface area contributed by atoms with Gasteiger partial charge >= 0.3 is 0 Å². The highest BCUT2D eigenvalue weighted by atomic mass is 79.9. The van der Waals surface area contributed by atoms with E-state index in [0.717, 1.165) is 6.26 Å². The quantitative estimate of drug-likeness (QED) is 0.814. The summed E-state index contributed by atoms with van der Waals surface area (Å²) in [5.41, 5.74) is 0.853. The van der Waals surface area contributed by atoms with Gasteiger partial charge in [-0.1, -0.05) is 11.6 Å². The number of rotatable bonds is 3. The van der Waals surface area contributed by atoms with Crippen molar-refractivity contribution in [2.75, 3.05) is 11.6 Å². The molecule has 1 heterocycles. The molecule has 0 spiro atoms. The van der Waals surface area contributed by atoms with Crippen LogP contribution in [0.15, 0.2) is 33.9 Å². The first kappa shape index (κ1) is 15.7. The van der Waals surface area contributed by atoms with E-state index in [-0.39, 0.29) is 15.4 Å². The van der Waals surface area contributed by atoms with Crippen LogP contribution in [-0.4, -0.2) is 24.6 Å². The lowest BCUT2D eigenvalue weighted by Gasteiger charge is -2.08. The van der Waals surface area contributed by atoms with E-state index in [1.54, 1.807) is 12.1 Å². The maximum atomic E-state index is 11.6. The highest BCUT2D eigenvalue weighted by Gasteiger charge is 2.15. The number of hydrogen-bond donors (Lipinski definition) is 1. The lowest BCUT2D eigenvalue weighted by Crippen LogP contribution is -2.06. The van der Waals surface area contributed by atoms with Crippen molar-refractivity contribution >= 4 is 49.0 Å². The summed E-state index contributed by atoms with van der Waals surface area (Å²) in [6.45, 7) is 0. The summed E-state index contributed by atoms with van der Waals surface area (Å²) in [5.74, 6) is 0.0878. The molecule has 0 unspecified atom stereocenters. The molecule has 0 fully saturated rings. The van der Waals surface area contributed by atoms with E-state index in [0.29, 0.717) is 16.3 Å². The molecule has 0 amide bonds. The minimum Gasteiger partial charge on any atom is -0.324 e. The zero-order valence-corrected chi connectivity index (χ0v) is 13.8. The van der Waals surface area contributed by atoms with Gasteiger partial charge in [0.25, 0.3) is 0 Å². The number of nitriles is 1. The van der Waals surface area contributed by atoms with Gasteiger partial charge in [-0.25, -0.2) is 13.4 Å². The first-order chi connectivity index (χ1) is 9.79. The van der Waals surface area contributed by atoms with E-state index in [2.05, 4.69) is 31.2 Å². The lowest BCUT2D eigenvalue weighted by molar-refractivity contribution is 0.597. The van der Waals surface area contributed by atoms with Gasteiger partial charge in [0.1, 0.15) is 0 Å². The van der Waals surface area contributed by atoms with Crippen LogP contribution in [0.5, 0.6) is 0 Å². The summed E-state index contributed by atoms with van der Waals surface area (Å²) >= 11 is 8.98. The molecule has 6 nitrogen and oxygen atoms in total. The van der Waals surface area contributed by atoms with E-state index in [4.69, 9.17) is 16.9 Å². The van der Waals surface area contributed by atoms with Gasteiger partial charge in [0, 0.05) is 23.2 Å². The summed E-state index contributed by atoms with van der Waals surface area (Å²) in [6.07, 6.45) is 2.39. The molecule has 0 aliphatic carbocycles. The van der Waals surface area contributed by atoms with Gasteiger partial charge in [-0.2, -0.15) is 10.2 Å². The SMILES string of the molecule is CS(=O)(=O)c1nc(Nc2cc(Cl)cc(C#N)c2)ncc1Br. The third kappa shape index (κ3) is 3.91. The molecule has 1 N–H and O–H groups in total.